The van der Waals surface area contributed by atoms with Gasteiger partial charge in [0.05, 0.1) is 6.54 Å². The molecule has 2 aliphatic rings. The molecule has 0 aromatic heterocycles. The SMILES string of the molecule is CC(CC(=O)N1CCCC(N2CCNCC2=O)C1)C(=O)c1cccc(F)c1. The van der Waals surface area contributed by atoms with Crippen LogP contribution in [0.15, 0.2) is 24.3 Å². The smallest absolute Gasteiger partial charge is 0.236 e. The average Bonchev–Trinajstić information content (AvgIpc) is 2.67. The van der Waals surface area contributed by atoms with Gasteiger partial charge in [-0.1, -0.05) is 19.1 Å². The Morgan fingerprint density at radius 3 is 2.89 bits per heavy atom. The Morgan fingerprint density at radius 2 is 2.15 bits per heavy atom. The quantitative estimate of drug-likeness (QED) is 0.791. The highest BCUT2D eigenvalue weighted by molar-refractivity contribution is 5.99. The summed E-state index contributed by atoms with van der Waals surface area (Å²) in [6, 6.07) is 5.61. The number of carbonyl (C=O) groups is 3. The number of carbonyl (C=O) groups excluding carboxylic acids is 3. The van der Waals surface area contributed by atoms with Crippen molar-refractivity contribution in [1.29, 1.82) is 0 Å². The fraction of sp³-hybridized carbons (Fsp3) is 0.550. The third-order valence-electron chi connectivity index (χ3n) is 5.35. The number of Topliss-reactive ketones (excluding diaryl/α,β-unsaturated/α-hetero) is 1. The number of hydrogen-bond donors (Lipinski definition) is 1. The van der Waals surface area contributed by atoms with Gasteiger partial charge in [-0.3, -0.25) is 14.4 Å². The molecule has 2 aliphatic heterocycles. The number of nitrogens with one attached hydrogen (secondary N) is 1. The normalized spacial score (nSPS) is 21.9. The average molecular weight is 375 g/mol. The largest absolute Gasteiger partial charge is 0.341 e. The van der Waals surface area contributed by atoms with Gasteiger partial charge in [0.2, 0.25) is 11.8 Å². The molecule has 27 heavy (non-hydrogen) atoms. The van der Waals surface area contributed by atoms with E-state index in [-0.39, 0.29) is 30.1 Å². The van der Waals surface area contributed by atoms with Crippen molar-refractivity contribution < 1.29 is 18.8 Å². The topological polar surface area (TPSA) is 69.7 Å². The molecular weight excluding hydrogens is 349 g/mol. The first-order valence-electron chi connectivity index (χ1n) is 9.53. The molecule has 2 unspecified atom stereocenters. The second-order valence-corrected chi connectivity index (χ2v) is 7.38. The van der Waals surface area contributed by atoms with E-state index in [1.165, 1.54) is 18.2 Å². The van der Waals surface area contributed by atoms with Gasteiger partial charge in [0, 0.05) is 50.1 Å². The van der Waals surface area contributed by atoms with Crippen molar-refractivity contribution in [3.63, 3.8) is 0 Å². The summed E-state index contributed by atoms with van der Waals surface area (Å²) in [4.78, 5) is 40.9. The molecule has 2 amide bonds. The van der Waals surface area contributed by atoms with Gasteiger partial charge >= 0.3 is 0 Å². The van der Waals surface area contributed by atoms with E-state index in [2.05, 4.69) is 5.32 Å². The van der Waals surface area contributed by atoms with Crippen molar-refractivity contribution in [2.45, 2.75) is 32.2 Å². The molecule has 1 aromatic carbocycles. The van der Waals surface area contributed by atoms with Gasteiger partial charge in [-0.05, 0) is 25.0 Å². The maximum absolute atomic E-state index is 13.3. The monoisotopic (exact) mass is 375 g/mol. The number of hydrogen-bond acceptors (Lipinski definition) is 4. The maximum Gasteiger partial charge on any atom is 0.236 e. The first-order chi connectivity index (χ1) is 13.0. The molecule has 2 heterocycles. The highest BCUT2D eigenvalue weighted by Crippen LogP contribution is 2.20. The summed E-state index contributed by atoms with van der Waals surface area (Å²) < 4.78 is 13.3. The maximum atomic E-state index is 13.3. The number of nitrogens with zero attached hydrogens (tertiary/aromatic N) is 2. The number of rotatable bonds is 5. The molecular formula is C20H26FN3O3. The van der Waals surface area contributed by atoms with Crippen molar-refractivity contribution in [1.82, 2.24) is 15.1 Å². The van der Waals surface area contributed by atoms with Crippen LogP contribution < -0.4 is 5.32 Å². The predicted octanol–water partition coefficient (Wildman–Crippen LogP) is 1.46. The molecule has 1 aromatic rings. The summed E-state index contributed by atoms with van der Waals surface area (Å²) in [5.41, 5.74) is 0.290. The molecule has 0 aliphatic carbocycles. The Kier molecular flexibility index (Phi) is 6.21. The third-order valence-corrected chi connectivity index (χ3v) is 5.35. The highest BCUT2D eigenvalue weighted by atomic mass is 19.1. The first kappa shape index (κ1) is 19.5. The van der Waals surface area contributed by atoms with E-state index in [4.69, 9.17) is 0 Å². The predicted molar refractivity (Wildman–Crippen MR) is 98.7 cm³/mol. The van der Waals surface area contributed by atoms with E-state index in [0.29, 0.717) is 31.7 Å². The van der Waals surface area contributed by atoms with Crippen molar-refractivity contribution in [2.75, 3.05) is 32.7 Å². The molecule has 0 radical (unpaired) electrons. The third kappa shape index (κ3) is 4.71. The fourth-order valence-electron chi connectivity index (χ4n) is 3.85. The number of piperazine rings is 1. The van der Waals surface area contributed by atoms with E-state index in [1.807, 2.05) is 4.90 Å². The molecule has 2 fully saturated rings. The van der Waals surface area contributed by atoms with Gasteiger partial charge in [-0.2, -0.15) is 0 Å². The van der Waals surface area contributed by atoms with E-state index in [0.717, 1.165) is 19.4 Å². The van der Waals surface area contributed by atoms with Crippen LogP contribution in [0.25, 0.3) is 0 Å². The van der Waals surface area contributed by atoms with Crippen LogP contribution in [0.3, 0.4) is 0 Å². The zero-order chi connectivity index (χ0) is 19.4. The molecule has 6 nitrogen and oxygen atoms in total. The van der Waals surface area contributed by atoms with Gasteiger partial charge < -0.3 is 15.1 Å². The molecule has 2 saturated heterocycles. The van der Waals surface area contributed by atoms with E-state index in [9.17, 15) is 18.8 Å². The number of benzene rings is 1. The molecule has 7 heteroatoms. The van der Waals surface area contributed by atoms with Crippen molar-refractivity contribution in [2.24, 2.45) is 5.92 Å². The standard InChI is InChI=1S/C20H26FN3O3/c1-14(20(27)15-4-2-5-16(21)11-15)10-18(25)23-8-3-6-17(13-23)24-9-7-22-12-19(24)26/h2,4-5,11,14,17,22H,3,6-10,12-13H2,1H3. The van der Waals surface area contributed by atoms with Crippen LogP contribution >= 0.6 is 0 Å². The number of ketones is 1. The lowest BCUT2D eigenvalue weighted by Gasteiger charge is -2.41. The Labute approximate surface area is 158 Å². The Hall–Kier alpha value is -2.28. The minimum Gasteiger partial charge on any atom is -0.341 e. The molecule has 0 bridgehead atoms. The summed E-state index contributed by atoms with van der Waals surface area (Å²) in [5, 5.41) is 3.06. The molecule has 2 atom stereocenters. The Balaban J connectivity index is 1.58. The molecule has 1 N–H and O–H groups in total. The van der Waals surface area contributed by atoms with Gasteiger partial charge in [-0.25, -0.2) is 4.39 Å². The lowest BCUT2D eigenvalue weighted by atomic mass is 9.95. The minimum atomic E-state index is -0.513. The number of likely N-dealkylation sites (tertiary alicyclic amines) is 1. The summed E-state index contributed by atoms with van der Waals surface area (Å²) in [6.07, 6.45) is 1.84. The molecule has 3 rings (SSSR count). The van der Waals surface area contributed by atoms with Crippen molar-refractivity contribution in [3.8, 4) is 0 Å². The van der Waals surface area contributed by atoms with Crippen LogP contribution in [-0.2, 0) is 9.59 Å². The lowest BCUT2D eigenvalue weighted by Crippen LogP contribution is -2.57. The van der Waals surface area contributed by atoms with Crippen LogP contribution in [0, 0.1) is 11.7 Å². The van der Waals surface area contributed by atoms with E-state index in [1.54, 1.807) is 17.9 Å². The second kappa shape index (κ2) is 8.61. The van der Waals surface area contributed by atoms with Crippen LogP contribution in [0.5, 0.6) is 0 Å². The van der Waals surface area contributed by atoms with Gasteiger partial charge in [0.1, 0.15) is 5.82 Å². The highest BCUT2D eigenvalue weighted by Gasteiger charge is 2.32. The van der Waals surface area contributed by atoms with Crippen LogP contribution in [0.1, 0.15) is 36.5 Å². The van der Waals surface area contributed by atoms with Gasteiger partial charge in [0.15, 0.2) is 5.78 Å². The van der Waals surface area contributed by atoms with Crippen LogP contribution in [-0.4, -0.2) is 66.2 Å². The zero-order valence-corrected chi connectivity index (χ0v) is 15.6. The zero-order valence-electron chi connectivity index (χ0n) is 15.6. The Morgan fingerprint density at radius 1 is 1.33 bits per heavy atom. The summed E-state index contributed by atoms with van der Waals surface area (Å²) in [5.74, 6) is -1.21. The summed E-state index contributed by atoms with van der Waals surface area (Å²) >= 11 is 0. The van der Waals surface area contributed by atoms with Gasteiger partial charge in [0.25, 0.3) is 0 Å². The lowest BCUT2D eigenvalue weighted by molar-refractivity contribution is -0.140. The van der Waals surface area contributed by atoms with Gasteiger partial charge in [-0.15, -0.1) is 0 Å². The number of piperidine rings is 1. The van der Waals surface area contributed by atoms with Crippen LogP contribution in [0.2, 0.25) is 0 Å². The molecule has 146 valence electrons. The summed E-state index contributed by atoms with van der Waals surface area (Å²) in [7, 11) is 0. The van der Waals surface area contributed by atoms with Crippen molar-refractivity contribution in [3.05, 3.63) is 35.6 Å². The number of halogens is 1. The molecule has 0 spiro atoms. The molecule has 0 saturated carbocycles. The minimum absolute atomic E-state index is 0.0477. The number of amides is 2. The van der Waals surface area contributed by atoms with Crippen LogP contribution in [0.4, 0.5) is 4.39 Å². The van der Waals surface area contributed by atoms with E-state index < -0.39 is 11.7 Å². The van der Waals surface area contributed by atoms with E-state index >= 15 is 0 Å². The first-order valence-corrected chi connectivity index (χ1v) is 9.53. The second-order valence-electron chi connectivity index (χ2n) is 7.38. The summed E-state index contributed by atoms with van der Waals surface area (Å²) in [6.45, 7) is 4.66. The van der Waals surface area contributed by atoms with Crippen molar-refractivity contribution >= 4 is 17.6 Å². The fourth-order valence-corrected chi connectivity index (χ4v) is 3.85. The Bertz CT molecular complexity index is 724.